The summed E-state index contributed by atoms with van der Waals surface area (Å²) in [6.07, 6.45) is 0.716. The molecule has 1 heterocycles. The highest BCUT2D eigenvalue weighted by Gasteiger charge is 2.05. The zero-order valence-corrected chi connectivity index (χ0v) is 13.0. The van der Waals surface area contributed by atoms with Gasteiger partial charge in [0.15, 0.2) is 0 Å². The first kappa shape index (κ1) is 14.7. The van der Waals surface area contributed by atoms with Crippen molar-refractivity contribution in [2.24, 2.45) is 0 Å². The molecule has 112 valence electrons. The SMILES string of the molecule is COc1cccc(CCOc2ccc(Cl)c3ccccc23)n1. The Morgan fingerprint density at radius 3 is 2.59 bits per heavy atom. The number of pyridine rings is 1. The Labute approximate surface area is 134 Å². The van der Waals surface area contributed by atoms with Gasteiger partial charge in [-0.1, -0.05) is 41.9 Å². The number of methoxy groups -OCH3 is 1. The maximum atomic E-state index is 6.21. The summed E-state index contributed by atoms with van der Waals surface area (Å²) in [6.45, 7) is 0.547. The van der Waals surface area contributed by atoms with Crippen LogP contribution in [0.5, 0.6) is 11.6 Å². The van der Waals surface area contributed by atoms with Gasteiger partial charge < -0.3 is 9.47 Å². The quantitative estimate of drug-likeness (QED) is 0.694. The molecule has 22 heavy (non-hydrogen) atoms. The highest BCUT2D eigenvalue weighted by Crippen LogP contribution is 2.31. The lowest BCUT2D eigenvalue weighted by Gasteiger charge is -2.10. The zero-order chi connectivity index (χ0) is 15.4. The van der Waals surface area contributed by atoms with Gasteiger partial charge in [-0.3, -0.25) is 0 Å². The Bertz CT molecular complexity index is 789. The molecule has 0 aliphatic carbocycles. The third-order valence-electron chi connectivity index (χ3n) is 3.44. The van der Waals surface area contributed by atoms with Gasteiger partial charge in [-0.15, -0.1) is 0 Å². The van der Waals surface area contributed by atoms with Crippen LogP contribution in [0.4, 0.5) is 0 Å². The molecule has 0 spiro atoms. The van der Waals surface area contributed by atoms with Crippen molar-refractivity contribution in [1.82, 2.24) is 4.98 Å². The van der Waals surface area contributed by atoms with Gasteiger partial charge in [-0.25, -0.2) is 4.98 Å². The Balaban J connectivity index is 1.73. The fourth-order valence-electron chi connectivity index (χ4n) is 2.34. The molecule has 0 radical (unpaired) electrons. The molecular formula is C18H16ClNO2. The topological polar surface area (TPSA) is 31.4 Å². The number of hydrogen-bond acceptors (Lipinski definition) is 3. The van der Waals surface area contributed by atoms with Gasteiger partial charge in [0.05, 0.1) is 13.7 Å². The molecule has 0 N–H and O–H groups in total. The number of fused-ring (bicyclic) bond motifs is 1. The molecule has 1 aromatic heterocycles. The Kier molecular flexibility index (Phi) is 4.45. The smallest absolute Gasteiger partial charge is 0.213 e. The normalized spacial score (nSPS) is 10.6. The van der Waals surface area contributed by atoms with E-state index in [1.807, 2.05) is 54.6 Å². The number of ether oxygens (including phenoxy) is 2. The molecule has 0 aliphatic heterocycles. The van der Waals surface area contributed by atoms with E-state index in [1.54, 1.807) is 7.11 Å². The lowest BCUT2D eigenvalue weighted by Crippen LogP contribution is -2.04. The molecule has 3 rings (SSSR count). The fraction of sp³-hybridized carbons (Fsp3) is 0.167. The third kappa shape index (κ3) is 3.15. The van der Waals surface area contributed by atoms with Crippen LogP contribution < -0.4 is 9.47 Å². The minimum Gasteiger partial charge on any atom is -0.493 e. The van der Waals surface area contributed by atoms with E-state index in [1.165, 1.54) is 0 Å². The second kappa shape index (κ2) is 6.67. The van der Waals surface area contributed by atoms with Crippen molar-refractivity contribution in [2.45, 2.75) is 6.42 Å². The molecule has 0 saturated carbocycles. The van der Waals surface area contributed by atoms with Crippen LogP contribution in [0.1, 0.15) is 5.69 Å². The highest BCUT2D eigenvalue weighted by atomic mass is 35.5. The first-order chi connectivity index (χ1) is 10.8. The van der Waals surface area contributed by atoms with Crippen LogP contribution in [-0.2, 0) is 6.42 Å². The van der Waals surface area contributed by atoms with Crippen molar-refractivity contribution < 1.29 is 9.47 Å². The number of nitrogens with zero attached hydrogens (tertiary/aromatic N) is 1. The maximum Gasteiger partial charge on any atom is 0.213 e. The molecule has 0 saturated heterocycles. The maximum absolute atomic E-state index is 6.21. The van der Waals surface area contributed by atoms with Crippen molar-refractivity contribution in [2.75, 3.05) is 13.7 Å². The molecule has 0 aliphatic rings. The first-order valence-electron chi connectivity index (χ1n) is 7.08. The summed E-state index contributed by atoms with van der Waals surface area (Å²) < 4.78 is 11.0. The van der Waals surface area contributed by atoms with Gasteiger partial charge >= 0.3 is 0 Å². The van der Waals surface area contributed by atoms with E-state index in [0.29, 0.717) is 18.9 Å². The standard InChI is InChI=1S/C18H16ClNO2/c1-21-18-8-4-5-13(20-18)11-12-22-17-10-9-16(19)14-6-2-3-7-15(14)17/h2-10H,11-12H2,1H3. The summed E-state index contributed by atoms with van der Waals surface area (Å²) in [5.41, 5.74) is 0.942. The van der Waals surface area contributed by atoms with E-state index in [9.17, 15) is 0 Å². The van der Waals surface area contributed by atoms with Crippen molar-refractivity contribution in [3.05, 3.63) is 65.3 Å². The van der Waals surface area contributed by atoms with Crippen molar-refractivity contribution in [1.29, 1.82) is 0 Å². The van der Waals surface area contributed by atoms with E-state index < -0.39 is 0 Å². The van der Waals surface area contributed by atoms with Gasteiger partial charge in [-0.2, -0.15) is 0 Å². The predicted molar refractivity (Wildman–Crippen MR) is 88.9 cm³/mol. The zero-order valence-electron chi connectivity index (χ0n) is 12.3. The number of hydrogen-bond donors (Lipinski definition) is 0. The number of rotatable bonds is 5. The summed E-state index contributed by atoms with van der Waals surface area (Å²) in [6, 6.07) is 17.5. The van der Waals surface area contributed by atoms with Crippen molar-refractivity contribution >= 4 is 22.4 Å². The molecule has 0 fully saturated rings. The Morgan fingerprint density at radius 1 is 0.955 bits per heavy atom. The summed E-state index contributed by atoms with van der Waals surface area (Å²) in [4.78, 5) is 4.38. The summed E-state index contributed by atoms with van der Waals surface area (Å²) in [5, 5.41) is 2.76. The van der Waals surface area contributed by atoms with E-state index >= 15 is 0 Å². The molecule has 2 aromatic carbocycles. The second-order valence-electron chi connectivity index (χ2n) is 4.86. The number of halogens is 1. The van der Waals surface area contributed by atoms with Crippen LogP contribution in [-0.4, -0.2) is 18.7 Å². The molecule has 3 aromatic rings. The highest BCUT2D eigenvalue weighted by molar-refractivity contribution is 6.35. The van der Waals surface area contributed by atoms with E-state index in [2.05, 4.69) is 4.98 Å². The van der Waals surface area contributed by atoms with Gasteiger partial charge in [0.1, 0.15) is 5.75 Å². The first-order valence-corrected chi connectivity index (χ1v) is 7.45. The molecule has 0 bridgehead atoms. The van der Waals surface area contributed by atoms with Crippen LogP contribution in [0.2, 0.25) is 5.02 Å². The second-order valence-corrected chi connectivity index (χ2v) is 5.27. The van der Waals surface area contributed by atoms with Crippen molar-refractivity contribution in [3.8, 4) is 11.6 Å². The largest absolute Gasteiger partial charge is 0.493 e. The molecule has 3 nitrogen and oxygen atoms in total. The monoisotopic (exact) mass is 313 g/mol. The summed E-state index contributed by atoms with van der Waals surface area (Å²) >= 11 is 6.21. The van der Waals surface area contributed by atoms with Crippen molar-refractivity contribution in [3.63, 3.8) is 0 Å². The van der Waals surface area contributed by atoms with Crippen LogP contribution in [0.25, 0.3) is 10.8 Å². The molecule has 0 atom stereocenters. The van der Waals surface area contributed by atoms with Gasteiger partial charge in [0, 0.05) is 34.0 Å². The Morgan fingerprint density at radius 2 is 1.77 bits per heavy atom. The van der Waals surface area contributed by atoms with Gasteiger partial charge in [0.25, 0.3) is 0 Å². The third-order valence-corrected chi connectivity index (χ3v) is 3.77. The van der Waals surface area contributed by atoms with Crippen LogP contribution in [0.15, 0.2) is 54.6 Å². The van der Waals surface area contributed by atoms with E-state index in [-0.39, 0.29) is 0 Å². The van der Waals surface area contributed by atoms with Gasteiger partial charge in [-0.05, 0) is 18.2 Å². The molecule has 0 amide bonds. The predicted octanol–water partition coefficient (Wildman–Crippen LogP) is 4.52. The van der Waals surface area contributed by atoms with Crippen LogP contribution in [0, 0.1) is 0 Å². The lowest BCUT2D eigenvalue weighted by molar-refractivity contribution is 0.323. The molecule has 0 unspecified atom stereocenters. The van der Waals surface area contributed by atoms with Crippen LogP contribution >= 0.6 is 11.6 Å². The average Bonchev–Trinajstić information content (AvgIpc) is 2.57. The lowest BCUT2D eigenvalue weighted by atomic mass is 10.1. The van der Waals surface area contributed by atoms with Crippen LogP contribution in [0.3, 0.4) is 0 Å². The average molecular weight is 314 g/mol. The molecular weight excluding hydrogens is 298 g/mol. The fourth-order valence-corrected chi connectivity index (χ4v) is 2.56. The minimum atomic E-state index is 0.547. The summed E-state index contributed by atoms with van der Waals surface area (Å²) in [7, 11) is 1.61. The number of benzene rings is 2. The number of aromatic nitrogens is 1. The Hall–Kier alpha value is -2.26. The summed E-state index contributed by atoms with van der Waals surface area (Å²) in [5.74, 6) is 1.46. The van der Waals surface area contributed by atoms with E-state index in [4.69, 9.17) is 21.1 Å². The minimum absolute atomic E-state index is 0.547. The molecule has 4 heteroatoms. The van der Waals surface area contributed by atoms with Gasteiger partial charge in [0.2, 0.25) is 5.88 Å². The van der Waals surface area contributed by atoms with E-state index in [0.717, 1.165) is 27.2 Å².